The van der Waals surface area contributed by atoms with Gasteiger partial charge in [-0.3, -0.25) is 0 Å². The molecule has 1 rings (SSSR count). The zero-order chi connectivity index (χ0) is 11.3. The summed E-state index contributed by atoms with van der Waals surface area (Å²) in [6.45, 7) is 5.88. The minimum absolute atomic E-state index is 0.426. The van der Waals surface area contributed by atoms with Crippen LogP contribution in [-0.2, 0) is 0 Å². The molecule has 2 heteroatoms. The number of aryl methyl sites for hydroxylation is 1. The molecule has 0 aromatic heterocycles. The van der Waals surface area contributed by atoms with E-state index in [-0.39, 0.29) is 0 Å². The van der Waals surface area contributed by atoms with Crippen molar-refractivity contribution < 1.29 is 0 Å². The molecule has 0 fully saturated rings. The predicted molar refractivity (Wildman–Crippen MR) is 70.1 cm³/mol. The first-order valence-corrected chi connectivity index (χ1v) is 6.02. The van der Waals surface area contributed by atoms with Crippen LogP contribution < -0.4 is 5.32 Å². The Hall–Kier alpha value is -0.600. The molecule has 1 aromatic rings. The van der Waals surface area contributed by atoms with E-state index in [2.05, 4.69) is 52.9 Å². The van der Waals surface area contributed by atoms with E-state index in [1.54, 1.807) is 0 Å². The fourth-order valence-corrected chi connectivity index (χ4v) is 1.89. The summed E-state index contributed by atoms with van der Waals surface area (Å²) in [5.74, 6) is 0. The predicted octanol–water partition coefficient (Wildman–Crippen LogP) is 3.98. The molecule has 0 amide bonds. The van der Waals surface area contributed by atoms with Crippen LogP contribution in [0.3, 0.4) is 0 Å². The molecule has 1 N–H and O–H groups in total. The second-order valence-corrected chi connectivity index (χ2v) is 4.57. The van der Waals surface area contributed by atoms with Crippen molar-refractivity contribution in [2.75, 3.05) is 7.05 Å². The van der Waals surface area contributed by atoms with Gasteiger partial charge in [-0.05, 0) is 44.0 Å². The Morgan fingerprint density at radius 1 is 1.53 bits per heavy atom. The van der Waals surface area contributed by atoms with Crippen molar-refractivity contribution in [1.82, 2.24) is 5.32 Å². The summed E-state index contributed by atoms with van der Waals surface area (Å²) < 4.78 is 1.17. The number of allylic oxidation sites excluding steroid dienone is 1. The zero-order valence-electron chi connectivity index (χ0n) is 9.39. The summed E-state index contributed by atoms with van der Waals surface area (Å²) in [4.78, 5) is 0. The van der Waals surface area contributed by atoms with E-state index in [9.17, 15) is 0 Å². The minimum Gasteiger partial charge on any atom is -0.313 e. The van der Waals surface area contributed by atoms with E-state index >= 15 is 0 Å². The molecule has 1 atom stereocenters. The fourth-order valence-electron chi connectivity index (χ4n) is 1.65. The van der Waals surface area contributed by atoms with Crippen LogP contribution in [0.25, 0.3) is 0 Å². The summed E-state index contributed by atoms with van der Waals surface area (Å²) in [5, 5.41) is 3.34. The van der Waals surface area contributed by atoms with E-state index in [0.29, 0.717) is 6.04 Å². The van der Waals surface area contributed by atoms with Crippen LogP contribution in [-0.4, -0.2) is 7.05 Å². The molecule has 1 aromatic carbocycles. The molecule has 0 saturated heterocycles. The van der Waals surface area contributed by atoms with Crippen molar-refractivity contribution in [3.8, 4) is 0 Å². The quantitative estimate of drug-likeness (QED) is 0.796. The second-order valence-electron chi connectivity index (χ2n) is 3.72. The molecule has 0 aliphatic carbocycles. The van der Waals surface area contributed by atoms with Crippen LogP contribution in [0.2, 0.25) is 0 Å². The number of nitrogens with one attached hydrogen (secondary N) is 1. The monoisotopic (exact) mass is 267 g/mol. The van der Waals surface area contributed by atoms with Gasteiger partial charge in [0.15, 0.2) is 0 Å². The molecule has 0 aliphatic heterocycles. The lowest BCUT2D eigenvalue weighted by molar-refractivity contribution is 0.554. The van der Waals surface area contributed by atoms with Gasteiger partial charge in [0.25, 0.3) is 0 Å². The number of benzene rings is 1. The van der Waals surface area contributed by atoms with E-state index in [0.717, 1.165) is 12.8 Å². The number of hydrogen-bond donors (Lipinski definition) is 1. The zero-order valence-corrected chi connectivity index (χ0v) is 11.0. The largest absolute Gasteiger partial charge is 0.313 e. The van der Waals surface area contributed by atoms with E-state index in [1.165, 1.54) is 15.6 Å². The molecule has 0 spiro atoms. The summed E-state index contributed by atoms with van der Waals surface area (Å²) >= 11 is 3.52. The summed E-state index contributed by atoms with van der Waals surface area (Å²) in [7, 11) is 2.01. The average Bonchev–Trinajstić information content (AvgIpc) is 2.24. The van der Waals surface area contributed by atoms with Crippen molar-refractivity contribution >= 4 is 15.9 Å². The van der Waals surface area contributed by atoms with Crippen molar-refractivity contribution in [1.29, 1.82) is 0 Å². The van der Waals surface area contributed by atoms with Gasteiger partial charge in [0.2, 0.25) is 0 Å². The van der Waals surface area contributed by atoms with Crippen molar-refractivity contribution in [2.45, 2.75) is 25.8 Å². The highest BCUT2D eigenvalue weighted by Crippen LogP contribution is 2.23. The molecular formula is C13H18BrN. The minimum atomic E-state index is 0.426. The van der Waals surface area contributed by atoms with Gasteiger partial charge >= 0.3 is 0 Å². The number of hydrogen-bond acceptors (Lipinski definition) is 1. The maximum atomic E-state index is 3.76. The molecule has 1 nitrogen and oxygen atoms in total. The normalized spacial score (nSPS) is 12.5. The fraction of sp³-hybridized carbons (Fsp3) is 0.385. The summed E-state index contributed by atoms with van der Waals surface area (Å²) in [5.41, 5.74) is 2.63. The first-order valence-electron chi connectivity index (χ1n) is 5.23. The van der Waals surface area contributed by atoms with E-state index in [1.807, 2.05) is 13.1 Å². The highest BCUT2D eigenvalue weighted by molar-refractivity contribution is 9.10. The standard InChI is InChI=1S/C13H18BrN/c1-4-5-6-13(15-3)11-7-8-12(14)10(2)9-11/h4,7-9,13,15H,1,5-6H2,2-3H3. The van der Waals surface area contributed by atoms with Crippen molar-refractivity contribution in [3.05, 3.63) is 46.5 Å². The van der Waals surface area contributed by atoms with Crippen molar-refractivity contribution in [2.24, 2.45) is 0 Å². The molecular weight excluding hydrogens is 250 g/mol. The van der Waals surface area contributed by atoms with E-state index < -0.39 is 0 Å². The van der Waals surface area contributed by atoms with Gasteiger partial charge < -0.3 is 5.32 Å². The molecule has 15 heavy (non-hydrogen) atoms. The topological polar surface area (TPSA) is 12.0 Å². The molecule has 0 heterocycles. The van der Waals surface area contributed by atoms with Crippen LogP contribution in [0.5, 0.6) is 0 Å². The lowest BCUT2D eigenvalue weighted by Crippen LogP contribution is -2.16. The smallest absolute Gasteiger partial charge is 0.0320 e. The van der Waals surface area contributed by atoms with Crippen LogP contribution in [0.15, 0.2) is 35.3 Å². The van der Waals surface area contributed by atoms with Crippen LogP contribution >= 0.6 is 15.9 Å². The van der Waals surface area contributed by atoms with Crippen molar-refractivity contribution in [3.63, 3.8) is 0 Å². The first kappa shape index (κ1) is 12.5. The highest BCUT2D eigenvalue weighted by atomic mass is 79.9. The Morgan fingerprint density at radius 3 is 2.80 bits per heavy atom. The van der Waals surface area contributed by atoms with Crippen LogP contribution in [0, 0.1) is 6.92 Å². The number of rotatable bonds is 5. The Bertz CT molecular complexity index is 333. The van der Waals surface area contributed by atoms with Crippen LogP contribution in [0.4, 0.5) is 0 Å². The highest BCUT2D eigenvalue weighted by Gasteiger charge is 2.08. The van der Waals surface area contributed by atoms with Gasteiger partial charge in [-0.25, -0.2) is 0 Å². The third-order valence-corrected chi connectivity index (χ3v) is 3.48. The third kappa shape index (κ3) is 3.47. The van der Waals surface area contributed by atoms with Gasteiger partial charge in [0.05, 0.1) is 0 Å². The average molecular weight is 268 g/mol. The molecule has 0 bridgehead atoms. The number of halogens is 1. The molecule has 82 valence electrons. The van der Waals surface area contributed by atoms with Crippen LogP contribution in [0.1, 0.15) is 30.0 Å². The lowest BCUT2D eigenvalue weighted by Gasteiger charge is -2.16. The Labute approximate surface area is 101 Å². The maximum Gasteiger partial charge on any atom is 0.0320 e. The Kier molecular flexibility index (Phi) is 5.06. The lowest BCUT2D eigenvalue weighted by atomic mass is 10.0. The van der Waals surface area contributed by atoms with Gasteiger partial charge in [-0.15, -0.1) is 6.58 Å². The maximum absolute atomic E-state index is 3.76. The van der Waals surface area contributed by atoms with Gasteiger partial charge in [0.1, 0.15) is 0 Å². The molecule has 0 saturated carbocycles. The Morgan fingerprint density at radius 2 is 2.27 bits per heavy atom. The SMILES string of the molecule is C=CCCC(NC)c1ccc(Br)c(C)c1. The van der Waals surface area contributed by atoms with Gasteiger partial charge in [-0.1, -0.05) is 34.1 Å². The Balaban J connectivity index is 2.82. The second kappa shape index (κ2) is 6.09. The summed E-state index contributed by atoms with van der Waals surface area (Å²) in [6.07, 6.45) is 4.11. The van der Waals surface area contributed by atoms with Gasteiger partial charge in [0, 0.05) is 10.5 Å². The van der Waals surface area contributed by atoms with E-state index in [4.69, 9.17) is 0 Å². The summed E-state index contributed by atoms with van der Waals surface area (Å²) in [6, 6.07) is 6.94. The molecule has 1 unspecified atom stereocenters. The van der Waals surface area contributed by atoms with Gasteiger partial charge in [-0.2, -0.15) is 0 Å². The molecule has 0 aliphatic rings. The molecule has 0 radical (unpaired) electrons. The third-order valence-electron chi connectivity index (χ3n) is 2.59. The first-order chi connectivity index (χ1) is 7.19.